The highest BCUT2D eigenvalue weighted by atomic mass is 32.2. The molecule has 1 aliphatic rings. The van der Waals surface area contributed by atoms with Gasteiger partial charge in [0.1, 0.15) is 5.82 Å². The van der Waals surface area contributed by atoms with Crippen LogP contribution in [0.4, 0.5) is 4.39 Å². The average Bonchev–Trinajstić information content (AvgIpc) is 2.65. The number of halogens is 1. The molecule has 82 valence electrons. The van der Waals surface area contributed by atoms with E-state index < -0.39 is 0 Å². The number of hydrogen-bond donors (Lipinski definition) is 0. The zero-order valence-corrected chi connectivity index (χ0v) is 9.21. The number of nitrogens with zero attached hydrogens (tertiary/aromatic N) is 2. The topological polar surface area (TPSA) is 38.9 Å². The maximum atomic E-state index is 12.7. The Morgan fingerprint density at radius 2 is 2.00 bits per heavy atom. The van der Waals surface area contributed by atoms with E-state index >= 15 is 0 Å². The molecule has 0 N–H and O–H groups in total. The number of aromatic nitrogens is 2. The van der Waals surface area contributed by atoms with Gasteiger partial charge in [-0.05, 0) is 24.3 Å². The van der Waals surface area contributed by atoms with Crippen molar-refractivity contribution in [1.29, 1.82) is 0 Å². The third-order valence-corrected chi connectivity index (χ3v) is 3.81. The number of hydrogen-bond acceptors (Lipinski definition) is 4. The molecule has 2 heterocycles. The van der Waals surface area contributed by atoms with Gasteiger partial charge >= 0.3 is 0 Å². The summed E-state index contributed by atoms with van der Waals surface area (Å²) in [6.45, 7) is 0. The van der Waals surface area contributed by atoms with E-state index in [9.17, 15) is 4.39 Å². The van der Waals surface area contributed by atoms with E-state index in [2.05, 4.69) is 10.1 Å². The molecular weight excluding hydrogens is 227 g/mol. The van der Waals surface area contributed by atoms with Gasteiger partial charge in [-0.25, -0.2) is 4.39 Å². The second-order valence-electron chi connectivity index (χ2n) is 3.70. The van der Waals surface area contributed by atoms with Gasteiger partial charge in [0.25, 0.3) is 0 Å². The lowest BCUT2D eigenvalue weighted by Gasteiger charge is -2.19. The summed E-state index contributed by atoms with van der Waals surface area (Å²) in [6.07, 6.45) is 0. The highest BCUT2D eigenvalue weighted by molar-refractivity contribution is 8.00. The van der Waals surface area contributed by atoms with Crippen LogP contribution >= 0.6 is 11.8 Å². The van der Waals surface area contributed by atoms with E-state index in [0.29, 0.717) is 17.6 Å². The Bertz CT molecular complexity index is 493. The van der Waals surface area contributed by atoms with E-state index in [-0.39, 0.29) is 5.82 Å². The lowest BCUT2D eigenvalue weighted by atomic mass is 10.2. The smallest absolute Gasteiger partial charge is 0.231 e. The number of rotatable bonds is 2. The zero-order chi connectivity index (χ0) is 11.0. The molecule has 0 spiro atoms. The zero-order valence-electron chi connectivity index (χ0n) is 8.39. The molecule has 0 aliphatic carbocycles. The van der Waals surface area contributed by atoms with Crippen LogP contribution in [0.1, 0.15) is 11.8 Å². The van der Waals surface area contributed by atoms with Crippen molar-refractivity contribution in [2.75, 3.05) is 11.5 Å². The Balaban J connectivity index is 1.88. The second-order valence-corrected chi connectivity index (χ2v) is 4.77. The van der Waals surface area contributed by atoms with Crippen molar-refractivity contribution in [2.24, 2.45) is 0 Å². The SMILES string of the molecule is Fc1ccc(-c2noc(C3CSC3)n2)cc1. The summed E-state index contributed by atoms with van der Waals surface area (Å²) >= 11 is 1.87. The molecule has 1 aromatic carbocycles. The maximum Gasteiger partial charge on any atom is 0.231 e. The Hall–Kier alpha value is -1.36. The second kappa shape index (κ2) is 3.90. The fourth-order valence-corrected chi connectivity index (χ4v) is 2.25. The minimum absolute atomic E-state index is 0.261. The standard InChI is InChI=1S/C11H9FN2OS/c12-9-3-1-7(2-4-9)10-13-11(15-14-10)8-5-16-6-8/h1-4,8H,5-6H2. The minimum Gasteiger partial charge on any atom is -0.339 e. The van der Waals surface area contributed by atoms with E-state index in [1.807, 2.05) is 11.8 Å². The van der Waals surface area contributed by atoms with Crippen LogP contribution in [-0.4, -0.2) is 21.6 Å². The van der Waals surface area contributed by atoms with Crippen molar-refractivity contribution in [3.05, 3.63) is 36.0 Å². The van der Waals surface area contributed by atoms with E-state index in [0.717, 1.165) is 17.1 Å². The largest absolute Gasteiger partial charge is 0.339 e. The van der Waals surface area contributed by atoms with Gasteiger partial charge < -0.3 is 4.52 Å². The Morgan fingerprint density at radius 3 is 2.62 bits per heavy atom. The molecule has 0 amide bonds. The van der Waals surface area contributed by atoms with Crippen LogP contribution in [0.5, 0.6) is 0 Å². The van der Waals surface area contributed by atoms with Crippen molar-refractivity contribution < 1.29 is 8.91 Å². The molecule has 2 aromatic rings. The first-order valence-corrected chi connectivity index (χ1v) is 6.16. The predicted octanol–water partition coefficient (Wildman–Crippen LogP) is 2.71. The highest BCUT2D eigenvalue weighted by Crippen LogP contribution is 2.33. The molecule has 1 aliphatic heterocycles. The summed E-state index contributed by atoms with van der Waals surface area (Å²) in [5, 5.41) is 3.90. The van der Waals surface area contributed by atoms with Gasteiger partial charge in [0.15, 0.2) is 0 Å². The predicted molar refractivity (Wildman–Crippen MR) is 59.8 cm³/mol. The first-order valence-electron chi connectivity index (χ1n) is 5.00. The van der Waals surface area contributed by atoms with Crippen molar-refractivity contribution in [1.82, 2.24) is 10.1 Å². The lowest BCUT2D eigenvalue weighted by Crippen LogP contribution is -2.15. The normalized spacial score (nSPS) is 16.1. The molecular formula is C11H9FN2OS. The van der Waals surface area contributed by atoms with Gasteiger partial charge in [0.2, 0.25) is 11.7 Å². The Morgan fingerprint density at radius 1 is 1.25 bits per heavy atom. The molecule has 5 heteroatoms. The van der Waals surface area contributed by atoms with Gasteiger partial charge in [-0.2, -0.15) is 16.7 Å². The quantitative estimate of drug-likeness (QED) is 0.803. The summed E-state index contributed by atoms with van der Waals surface area (Å²) in [5.74, 6) is 3.45. The van der Waals surface area contributed by atoms with Crippen molar-refractivity contribution in [3.63, 3.8) is 0 Å². The third-order valence-electron chi connectivity index (χ3n) is 2.53. The third kappa shape index (κ3) is 1.71. The van der Waals surface area contributed by atoms with Crippen LogP contribution in [0.2, 0.25) is 0 Å². The van der Waals surface area contributed by atoms with Crippen molar-refractivity contribution in [3.8, 4) is 11.4 Å². The minimum atomic E-state index is -0.261. The van der Waals surface area contributed by atoms with E-state index in [4.69, 9.17) is 4.52 Å². The van der Waals surface area contributed by atoms with Crippen LogP contribution < -0.4 is 0 Å². The van der Waals surface area contributed by atoms with Gasteiger partial charge in [-0.3, -0.25) is 0 Å². The average molecular weight is 236 g/mol. The summed E-state index contributed by atoms with van der Waals surface area (Å²) in [7, 11) is 0. The summed E-state index contributed by atoms with van der Waals surface area (Å²) in [4.78, 5) is 4.32. The molecule has 0 radical (unpaired) electrons. The molecule has 3 nitrogen and oxygen atoms in total. The van der Waals surface area contributed by atoms with Crippen molar-refractivity contribution >= 4 is 11.8 Å². The molecule has 16 heavy (non-hydrogen) atoms. The molecule has 1 fully saturated rings. The Kier molecular flexibility index (Phi) is 2.40. The van der Waals surface area contributed by atoms with Gasteiger partial charge in [-0.15, -0.1) is 0 Å². The number of benzene rings is 1. The fraction of sp³-hybridized carbons (Fsp3) is 0.273. The van der Waals surface area contributed by atoms with Crippen LogP contribution in [0.25, 0.3) is 11.4 Å². The molecule has 1 aromatic heterocycles. The van der Waals surface area contributed by atoms with Gasteiger partial charge in [-0.1, -0.05) is 5.16 Å². The van der Waals surface area contributed by atoms with Crippen molar-refractivity contribution in [2.45, 2.75) is 5.92 Å². The van der Waals surface area contributed by atoms with E-state index in [1.165, 1.54) is 12.1 Å². The van der Waals surface area contributed by atoms with Gasteiger partial charge in [0, 0.05) is 17.1 Å². The van der Waals surface area contributed by atoms with Crippen LogP contribution in [0.3, 0.4) is 0 Å². The first kappa shape index (κ1) is 9.84. The van der Waals surface area contributed by atoms with E-state index in [1.54, 1.807) is 12.1 Å². The monoisotopic (exact) mass is 236 g/mol. The van der Waals surface area contributed by atoms with Gasteiger partial charge in [0.05, 0.1) is 5.92 Å². The maximum absolute atomic E-state index is 12.7. The molecule has 0 bridgehead atoms. The summed E-state index contributed by atoms with van der Waals surface area (Å²) in [6, 6.07) is 6.09. The van der Waals surface area contributed by atoms with Crippen LogP contribution in [-0.2, 0) is 0 Å². The molecule has 0 unspecified atom stereocenters. The summed E-state index contributed by atoms with van der Waals surface area (Å²) < 4.78 is 17.9. The molecule has 0 atom stereocenters. The summed E-state index contributed by atoms with van der Waals surface area (Å²) in [5.41, 5.74) is 0.781. The number of thioether (sulfide) groups is 1. The lowest BCUT2D eigenvalue weighted by molar-refractivity contribution is 0.365. The van der Waals surface area contributed by atoms with Crippen LogP contribution in [0.15, 0.2) is 28.8 Å². The highest BCUT2D eigenvalue weighted by Gasteiger charge is 2.26. The fourth-order valence-electron chi connectivity index (χ4n) is 1.50. The molecule has 1 saturated heterocycles. The van der Waals surface area contributed by atoms with Crippen LogP contribution in [0, 0.1) is 5.82 Å². The molecule has 0 saturated carbocycles. The molecule has 3 rings (SSSR count). The Labute approximate surface area is 96.1 Å². The first-order chi connectivity index (χ1) is 7.83.